The van der Waals surface area contributed by atoms with E-state index in [1.807, 2.05) is 30.3 Å². The predicted octanol–water partition coefficient (Wildman–Crippen LogP) is 2.18. The number of sulfone groups is 1. The van der Waals surface area contributed by atoms with Gasteiger partial charge in [0, 0.05) is 19.1 Å². The molecule has 0 heterocycles. The lowest BCUT2D eigenvalue weighted by molar-refractivity contribution is -0.142. The van der Waals surface area contributed by atoms with Crippen molar-refractivity contribution in [2.45, 2.75) is 42.5 Å². The molecule has 1 amide bonds. The smallest absolute Gasteiger partial charge is 0.251 e. The van der Waals surface area contributed by atoms with Crippen LogP contribution in [0, 0.1) is 0 Å². The molecule has 3 atom stereocenters. The number of rotatable bonds is 13. The van der Waals surface area contributed by atoms with E-state index in [-0.39, 0.29) is 24.4 Å². The number of hydrogen-bond acceptors (Lipinski definition) is 7. The first-order chi connectivity index (χ1) is 17.7. The molecule has 0 aromatic heterocycles. The van der Waals surface area contributed by atoms with Crippen molar-refractivity contribution in [3.63, 3.8) is 0 Å². The van der Waals surface area contributed by atoms with E-state index in [1.54, 1.807) is 42.5 Å². The zero-order valence-electron chi connectivity index (χ0n) is 20.8. The summed E-state index contributed by atoms with van der Waals surface area (Å²) < 4.78 is 30.5. The lowest BCUT2D eigenvalue weighted by Crippen LogP contribution is -2.49. The summed E-state index contributed by atoms with van der Waals surface area (Å²) in [4.78, 5) is 14.7. The lowest BCUT2D eigenvalue weighted by Gasteiger charge is -2.30. The van der Waals surface area contributed by atoms with E-state index in [9.17, 15) is 23.4 Å². The highest BCUT2D eigenvalue weighted by Gasteiger charge is 2.28. The molecule has 0 aliphatic carbocycles. The predicted molar refractivity (Wildman–Crippen MR) is 142 cm³/mol. The Morgan fingerprint density at radius 2 is 1.57 bits per heavy atom. The maximum Gasteiger partial charge on any atom is 0.251 e. The fourth-order valence-corrected chi connectivity index (χ4v) is 5.29. The van der Waals surface area contributed by atoms with E-state index in [4.69, 9.17) is 10.5 Å². The minimum absolute atomic E-state index is 0.0770. The highest BCUT2D eigenvalue weighted by Crippen LogP contribution is 2.18. The monoisotopic (exact) mass is 526 g/mol. The van der Waals surface area contributed by atoms with Gasteiger partial charge in [0.05, 0.1) is 23.9 Å². The Hall–Kier alpha value is -3.24. The minimum Gasteiger partial charge on any atom is -0.497 e. The van der Waals surface area contributed by atoms with Gasteiger partial charge in [-0.25, -0.2) is 8.42 Å². The van der Waals surface area contributed by atoms with Gasteiger partial charge in [0.25, 0.3) is 5.91 Å². The van der Waals surface area contributed by atoms with Crippen LogP contribution in [-0.2, 0) is 27.6 Å². The van der Waals surface area contributed by atoms with E-state index >= 15 is 0 Å². The quantitative estimate of drug-likeness (QED) is 0.311. The zero-order valence-corrected chi connectivity index (χ0v) is 21.6. The van der Waals surface area contributed by atoms with Crippen molar-refractivity contribution in [3.8, 4) is 5.75 Å². The van der Waals surface area contributed by atoms with Crippen LogP contribution in [0.3, 0.4) is 0 Å². The third-order valence-electron chi connectivity index (χ3n) is 6.08. The number of carbonyl (C=O) groups is 1. The van der Waals surface area contributed by atoms with Crippen LogP contribution in [0.4, 0.5) is 0 Å². The number of aliphatic hydroxyl groups is 2. The lowest BCUT2D eigenvalue weighted by atomic mass is 10.0. The van der Waals surface area contributed by atoms with E-state index < -0.39 is 39.7 Å². The van der Waals surface area contributed by atoms with Crippen LogP contribution >= 0.6 is 0 Å². The van der Waals surface area contributed by atoms with Crippen LogP contribution in [-0.4, -0.2) is 67.1 Å². The molecule has 9 heteroatoms. The molecule has 0 bridgehead atoms. The topological polar surface area (TPSA) is 130 Å². The molecule has 0 saturated heterocycles. The van der Waals surface area contributed by atoms with Crippen molar-refractivity contribution in [1.82, 2.24) is 4.90 Å². The number of methoxy groups -OCH3 is 1. The number of hydrogen-bond donors (Lipinski definition) is 3. The van der Waals surface area contributed by atoms with Crippen molar-refractivity contribution in [1.29, 1.82) is 0 Å². The van der Waals surface area contributed by atoms with Gasteiger partial charge < -0.3 is 25.6 Å². The van der Waals surface area contributed by atoms with E-state index in [0.29, 0.717) is 12.2 Å². The van der Waals surface area contributed by atoms with Gasteiger partial charge in [0.2, 0.25) is 0 Å². The highest BCUT2D eigenvalue weighted by molar-refractivity contribution is 7.91. The summed E-state index contributed by atoms with van der Waals surface area (Å²) in [6.07, 6.45) is -2.52. The van der Waals surface area contributed by atoms with Crippen LogP contribution in [0.1, 0.15) is 17.5 Å². The molecule has 3 aromatic carbocycles. The van der Waals surface area contributed by atoms with Crippen molar-refractivity contribution in [3.05, 3.63) is 96.1 Å². The summed E-state index contributed by atoms with van der Waals surface area (Å²) in [5.74, 6) is -0.481. The van der Waals surface area contributed by atoms with Gasteiger partial charge in [-0.3, -0.25) is 4.79 Å². The summed E-state index contributed by atoms with van der Waals surface area (Å²) >= 11 is 0. The second kappa shape index (κ2) is 13.3. The van der Waals surface area contributed by atoms with Gasteiger partial charge in [-0.1, -0.05) is 60.7 Å². The largest absolute Gasteiger partial charge is 0.497 e. The minimum atomic E-state index is -3.67. The van der Waals surface area contributed by atoms with E-state index in [0.717, 1.165) is 11.1 Å². The molecule has 4 N–H and O–H groups in total. The Bertz CT molecular complexity index is 1240. The Labute approximate surface area is 218 Å². The van der Waals surface area contributed by atoms with Gasteiger partial charge in [0.1, 0.15) is 11.9 Å². The molecule has 0 aliphatic rings. The molecule has 0 fully saturated rings. The Kier molecular flexibility index (Phi) is 10.2. The SMILES string of the molecule is COc1cccc(CN(C[C@@H](O)[C@@H](N)Cc2ccccc2)C(=O)C(O)CCS(=O)(=O)c2ccccc2)c1. The normalized spacial score (nSPS) is 13.9. The Morgan fingerprint density at radius 1 is 0.946 bits per heavy atom. The second-order valence-corrected chi connectivity index (χ2v) is 11.0. The van der Waals surface area contributed by atoms with Crippen LogP contribution in [0.25, 0.3) is 0 Å². The number of benzene rings is 3. The molecule has 1 unspecified atom stereocenters. The van der Waals surface area contributed by atoms with Crippen molar-refractivity contribution in [2.24, 2.45) is 5.73 Å². The first-order valence-corrected chi connectivity index (χ1v) is 13.7. The average molecular weight is 527 g/mol. The van der Waals surface area contributed by atoms with Crippen LogP contribution in [0.5, 0.6) is 5.75 Å². The van der Waals surface area contributed by atoms with Crippen LogP contribution in [0.15, 0.2) is 89.8 Å². The van der Waals surface area contributed by atoms with Crippen LogP contribution in [0.2, 0.25) is 0 Å². The molecular weight excluding hydrogens is 492 g/mol. The summed E-state index contributed by atoms with van der Waals surface area (Å²) in [5, 5.41) is 21.5. The number of carbonyl (C=O) groups excluding carboxylic acids is 1. The molecule has 0 saturated carbocycles. The summed E-state index contributed by atoms with van der Waals surface area (Å²) in [7, 11) is -2.14. The molecule has 8 nitrogen and oxygen atoms in total. The molecule has 3 aromatic rings. The van der Waals surface area contributed by atoms with Gasteiger partial charge in [-0.05, 0) is 48.2 Å². The first kappa shape index (κ1) is 28.3. The molecule has 37 heavy (non-hydrogen) atoms. The molecule has 3 rings (SSSR count). The van der Waals surface area contributed by atoms with Gasteiger partial charge >= 0.3 is 0 Å². The van der Waals surface area contributed by atoms with E-state index in [2.05, 4.69) is 0 Å². The fourth-order valence-electron chi connectivity index (χ4n) is 3.95. The van der Waals surface area contributed by atoms with Crippen molar-refractivity contribution in [2.75, 3.05) is 19.4 Å². The number of nitrogens with two attached hydrogens (primary N) is 1. The van der Waals surface area contributed by atoms with Gasteiger partial charge in [-0.2, -0.15) is 0 Å². The Morgan fingerprint density at radius 3 is 2.22 bits per heavy atom. The summed E-state index contributed by atoms with van der Waals surface area (Å²) in [5.41, 5.74) is 7.92. The number of nitrogens with zero attached hydrogens (tertiary/aromatic N) is 1. The maximum absolute atomic E-state index is 13.3. The average Bonchev–Trinajstić information content (AvgIpc) is 2.92. The van der Waals surface area contributed by atoms with Gasteiger partial charge in [0.15, 0.2) is 9.84 Å². The second-order valence-electron chi connectivity index (χ2n) is 8.93. The number of amides is 1. The third kappa shape index (κ3) is 8.40. The first-order valence-electron chi connectivity index (χ1n) is 12.0. The molecule has 198 valence electrons. The highest BCUT2D eigenvalue weighted by atomic mass is 32.2. The third-order valence-corrected chi connectivity index (χ3v) is 7.85. The zero-order chi connectivity index (χ0) is 26.8. The standard InChI is InChI=1S/C28H34N2O6S/c1-36-23-12-8-11-22(17-23)19-30(20-27(32)25(29)18-21-9-4-2-5-10-21)28(33)26(31)15-16-37(34,35)24-13-6-3-7-14-24/h2-14,17,25-27,31-32H,15-16,18-20,29H2,1H3/t25-,26?,27+/m0/s1. The molecule has 0 spiro atoms. The number of ether oxygens (including phenoxy) is 1. The van der Waals surface area contributed by atoms with Crippen molar-refractivity contribution >= 4 is 15.7 Å². The molecule has 0 radical (unpaired) electrons. The van der Waals surface area contributed by atoms with Crippen LogP contribution < -0.4 is 10.5 Å². The van der Waals surface area contributed by atoms with Gasteiger partial charge in [-0.15, -0.1) is 0 Å². The Balaban J connectivity index is 1.73. The van der Waals surface area contributed by atoms with Crippen molar-refractivity contribution < 1.29 is 28.2 Å². The summed E-state index contributed by atoms with van der Waals surface area (Å²) in [6, 6.07) is 23.8. The van der Waals surface area contributed by atoms with E-state index in [1.165, 1.54) is 24.1 Å². The fraction of sp³-hybridized carbons (Fsp3) is 0.321. The summed E-state index contributed by atoms with van der Waals surface area (Å²) in [6.45, 7) is -0.0554. The molecular formula is C28H34N2O6S. The number of aliphatic hydroxyl groups excluding tert-OH is 2. The maximum atomic E-state index is 13.3. The molecule has 0 aliphatic heterocycles.